The number of ether oxygens (including phenoxy) is 2. The fourth-order valence-corrected chi connectivity index (χ4v) is 3.39. The zero-order valence-corrected chi connectivity index (χ0v) is 37.9. The van der Waals surface area contributed by atoms with Crippen molar-refractivity contribution in [1.82, 2.24) is 31.9 Å². The van der Waals surface area contributed by atoms with E-state index < -0.39 is 40.6 Å². The quantitative estimate of drug-likeness (QED) is 0.0155. The van der Waals surface area contributed by atoms with E-state index in [1.54, 1.807) is 20.8 Å². The van der Waals surface area contributed by atoms with Gasteiger partial charge in [0.1, 0.15) is 25.1 Å². The summed E-state index contributed by atoms with van der Waals surface area (Å²) >= 11 is 0. The molecule has 2 rings (SSSR count). The number of non-ortho nitro benzene ring substituents is 1. The minimum absolute atomic E-state index is 0. The Hall–Kier alpha value is -6.25. The van der Waals surface area contributed by atoms with Gasteiger partial charge in [-0.1, -0.05) is 58.0 Å². The van der Waals surface area contributed by atoms with Crippen LogP contribution >= 0.6 is 0 Å². The molecule has 0 aliphatic rings. The predicted octanol–water partition coefficient (Wildman–Crippen LogP) is -0.399. The molecule has 0 saturated heterocycles. The van der Waals surface area contributed by atoms with Crippen molar-refractivity contribution in [3.8, 4) is 5.75 Å². The van der Waals surface area contributed by atoms with Gasteiger partial charge in [0.25, 0.3) is 5.69 Å². The fourth-order valence-electron chi connectivity index (χ4n) is 3.39. The molecule has 0 aliphatic heterocycles. The van der Waals surface area contributed by atoms with Gasteiger partial charge in [-0.2, -0.15) is 6.41 Å². The van der Waals surface area contributed by atoms with Crippen LogP contribution in [0.1, 0.15) is 46.1 Å². The number of nitro benzene ring substituents is 1. The molecule has 1 unspecified atom stereocenters. The number of hydrogen-bond acceptors (Lipinski definition) is 13. The first-order valence-corrected chi connectivity index (χ1v) is 17.2. The van der Waals surface area contributed by atoms with Crippen LogP contribution in [-0.4, -0.2) is 109 Å². The van der Waals surface area contributed by atoms with E-state index in [0.29, 0.717) is 19.6 Å². The minimum atomic E-state index is -0.908. The molecular formula is C35H53FmN8O13Y-. The molecule has 0 saturated carbocycles. The van der Waals surface area contributed by atoms with Crippen molar-refractivity contribution >= 4 is 47.7 Å². The summed E-state index contributed by atoms with van der Waals surface area (Å²) in [5, 5.41) is 41.2. The van der Waals surface area contributed by atoms with E-state index in [4.69, 9.17) is 25.4 Å². The van der Waals surface area contributed by atoms with Crippen LogP contribution in [0.25, 0.3) is 0 Å². The van der Waals surface area contributed by atoms with Gasteiger partial charge in [0.2, 0.25) is 23.6 Å². The second-order valence-corrected chi connectivity index (χ2v) is 11.2. The molecule has 0 spiro atoms. The molecule has 7 amide bonds. The normalized spacial score (nSPS) is 9.76. The fraction of sp³-hybridized carbons (Fsp3) is 0.457. The summed E-state index contributed by atoms with van der Waals surface area (Å²) in [7, 11) is 0. The topological polar surface area (TPSA) is 320 Å². The average molecular weight is 1140 g/mol. The van der Waals surface area contributed by atoms with Crippen molar-refractivity contribution in [1.29, 1.82) is 0 Å². The summed E-state index contributed by atoms with van der Waals surface area (Å²) in [6, 6.07) is 13.3. The summed E-state index contributed by atoms with van der Waals surface area (Å²) in [6.07, 6.45) is 2.70. The number of nitrogens with two attached hydrogens (primary N) is 1. The van der Waals surface area contributed by atoms with Crippen molar-refractivity contribution in [2.24, 2.45) is 11.7 Å². The van der Waals surface area contributed by atoms with Crippen LogP contribution in [0.15, 0.2) is 54.6 Å². The third-order valence-electron chi connectivity index (χ3n) is 6.20. The predicted molar refractivity (Wildman–Crippen MR) is 202 cm³/mol. The van der Waals surface area contributed by atoms with E-state index in [9.17, 15) is 43.7 Å². The van der Waals surface area contributed by atoms with Gasteiger partial charge >= 0.3 is 12.0 Å². The Morgan fingerprint density at radius 1 is 0.879 bits per heavy atom. The number of amides is 7. The van der Waals surface area contributed by atoms with Crippen LogP contribution in [-0.2, 0) is 77.6 Å². The Morgan fingerprint density at radius 2 is 1.47 bits per heavy atom. The molecule has 10 N–H and O–H groups in total. The zero-order valence-electron chi connectivity index (χ0n) is 32.7. The molecule has 0 fully saturated rings. The molecule has 58 heavy (non-hydrogen) atoms. The number of rotatable bonds is 20. The summed E-state index contributed by atoms with van der Waals surface area (Å²) in [5.41, 5.74) is 5.74. The number of nitro groups is 1. The number of phenolic OH excluding ortho intramolecular Hbond substituents is 1. The Balaban J connectivity index is -0.000000385. The number of phenols is 1. The van der Waals surface area contributed by atoms with Crippen LogP contribution in [0.2, 0.25) is 0 Å². The number of nitrogens with one attached hydrogen (secondary N) is 6. The SMILES string of the molecule is CC(C)C(NC(=O)CNC(=O)CN[C-]=O)C(=O)NCC(=O)NCOCCO.CCC(=O)OCc1ccccc1.CCCNC(N)=O.O=[N+]([O-])c1ccc(O)cc1.[Fm].[Y]. The number of primary amides is 1. The van der Waals surface area contributed by atoms with E-state index in [2.05, 4.69) is 26.6 Å². The van der Waals surface area contributed by atoms with Gasteiger partial charge in [0.05, 0.1) is 37.8 Å². The van der Waals surface area contributed by atoms with Crippen LogP contribution in [0.5, 0.6) is 5.75 Å². The van der Waals surface area contributed by atoms with Crippen molar-refractivity contribution < 1.29 is 90.9 Å². The third kappa shape index (κ3) is 34.3. The zero-order chi connectivity index (χ0) is 42.7. The molecule has 0 aromatic heterocycles. The Morgan fingerprint density at radius 3 is 1.95 bits per heavy atom. The van der Waals surface area contributed by atoms with E-state index in [-0.39, 0.29) is 95.6 Å². The second kappa shape index (κ2) is 37.7. The van der Waals surface area contributed by atoms with E-state index in [1.807, 2.05) is 42.6 Å². The van der Waals surface area contributed by atoms with Crippen molar-refractivity contribution in [3.63, 3.8) is 0 Å². The summed E-state index contributed by atoms with van der Waals surface area (Å²) in [6.45, 7) is 7.02. The maximum absolute atomic E-state index is 12.2. The average Bonchev–Trinajstić information content (AvgIpc) is 3.18. The molecule has 23 heteroatoms. The Labute approximate surface area is 356 Å². The number of nitrogens with zero attached hydrogens (tertiary/aromatic N) is 1. The van der Waals surface area contributed by atoms with Gasteiger partial charge in [0.15, 0.2) is 0 Å². The number of aliphatic hydroxyl groups is 1. The molecular weight excluding hydrogens is 1090 g/mol. The molecule has 0 heterocycles. The van der Waals surface area contributed by atoms with Crippen molar-refractivity contribution in [2.75, 3.05) is 46.1 Å². The largest absolute Gasteiger partial charge is 0.522 e. The number of urea groups is 1. The Bertz CT molecular complexity index is 1480. The molecule has 1 atom stereocenters. The van der Waals surface area contributed by atoms with Gasteiger partial charge in [0, 0.05) is 57.8 Å². The number of aliphatic hydroxyl groups excluding tert-OH is 1. The number of aromatic hydroxyl groups is 1. The molecule has 0 bridgehead atoms. The number of hydrogen-bond donors (Lipinski definition) is 9. The van der Waals surface area contributed by atoms with E-state index >= 15 is 0 Å². The molecule has 2 aromatic carbocycles. The van der Waals surface area contributed by atoms with Gasteiger partial charge in [-0.05, 0) is 30.0 Å². The molecule has 0 aliphatic carbocycles. The Kier molecular flexibility index (Phi) is 38.0. The maximum Gasteiger partial charge on any atom is 0.312 e. The minimum Gasteiger partial charge on any atom is -0.522 e. The molecule has 2 aromatic rings. The van der Waals surface area contributed by atoms with E-state index in [1.165, 1.54) is 30.7 Å². The number of benzene rings is 2. The standard InChI is InChI=1S/C15H26N5O7.C10H12O2.C6H5NO3.C4H10N2O.Fm.Y/c1-10(2)14(20-13(25)7-17-11(23)5-16-8-22)15(26)18-6-12(24)19-9-27-4-3-21;1-2-10(11)12-8-9-6-4-3-5-7-9;8-6-3-1-5(2-4-6)7(9)10;1-2-3-6-4(5)7;;/h10,14,21H,3-7,9H2,1-2H3,(H,16,22)(H,17,23)(H,18,26)(H,19,24)(H,20,25);3-7H,2,8H2,1H3;1-4,8H;2-3H2,1H3,(H3,5,6,7);;/q-1;;;;;. The first-order chi connectivity index (χ1) is 26.6. The summed E-state index contributed by atoms with van der Waals surface area (Å²) in [4.78, 5) is 87.0. The van der Waals surface area contributed by atoms with Crippen LogP contribution < -0.4 is 37.6 Å². The summed E-state index contributed by atoms with van der Waals surface area (Å²) in [5.74, 6) is -2.64. The van der Waals surface area contributed by atoms with Gasteiger partial charge < -0.3 is 62.1 Å². The third-order valence-corrected chi connectivity index (χ3v) is 6.20. The molecule has 327 valence electrons. The monoisotopic (exact) mass is 1140 g/mol. The van der Waals surface area contributed by atoms with Gasteiger partial charge in [-0.3, -0.25) is 34.1 Å². The smallest absolute Gasteiger partial charge is 0.312 e. The van der Waals surface area contributed by atoms with Crippen LogP contribution in [0.3, 0.4) is 0 Å². The number of carbonyl (C=O) groups excluding carboxylic acids is 7. The maximum atomic E-state index is 12.2. The molecule has 1 radical (unpaired) electrons. The van der Waals surface area contributed by atoms with Gasteiger partial charge in [-0.25, -0.2) is 4.79 Å². The van der Waals surface area contributed by atoms with Gasteiger partial charge in [-0.15, -0.1) is 0 Å². The van der Waals surface area contributed by atoms with Crippen LogP contribution in [0, 0.1) is 16.0 Å². The molecule has 21 nitrogen and oxygen atoms in total. The first kappa shape index (κ1) is 58.5. The number of carbonyl (C=O) groups is 6. The number of esters is 1. The summed E-state index contributed by atoms with van der Waals surface area (Å²) < 4.78 is 9.80. The van der Waals surface area contributed by atoms with Crippen molar-refractivity contribution in [3.05, 3.63) is 70.3 Å². The van der Waals surface area contributed by atoms with Crippen molar-refractivity contribution in [2.45, 2.75) is 53.2 Å². The second-order valence-electron chi connectivity index (χ2n) is 11.2. The first-order valence-electron chi connectivity index (χ1n) is 17.2. The van der Waals surface area contributed by atoms with E-state index in [0.717, 1.165) is 12.0 Å². The van der Waals surface area contributed by atoms with Crippen LogP contribution in [0.4, 0.5) is 10.5 Å².